The topological polar surface area (TPSA) is 49.8 Å². The van der Waals surface area contributed by atoms with Crippen molar-refractivity contribution in [2.24, 2.45) is 0 Å². The van der Waals surface area contributed by atoms with E-state index >= 15 is 0 Å². The SMILES string of the molecule is CCC1CN(Cc2cc(C(CC(=O)O)c3ccc(F)cc3F)ccc2C)Sc2ccccc2O1. The molecule has 1 heterocycles. The van der Waals surface area contributed by atoms with E-state index in [1.54, 1.807) is 11.9 Å². The predicted molar refractivity (Wildman–Crippen MR) is 129 cm³/mol. The lowest BCUT2D eigenvalue weighted by Gasteiger charge is -2.24. The number of nitrogens with zero attached hydrogens (tertiary/aromatic N) is 1. The maximum absolute atomic E-state index is 14.6. The molecule has 0 saturated heterocycles. The van der Waals surface area contributed by atoms with Gasteiger partial charge in [0.1, 0.15) is 23.5 Å². The Morgan fingerprint density at radius 2 is 1.97 bits per heavy atom. The molecule has 4 nitrogen and oxygen atoms in total. The number of benzene rings is 3. The molecule has 0 saturated carbocycles. The quantitative estimate of drug-likeness (QED) is 0.386. The molecule has 2 unspecified atom stereocenters. The fourth-order valence-electron chi connectivity index (χ4n) is 4.19. The van der Waals surface area contributed by atoms with Crippen molar-refractivity contribution in [2.45, 2.75) is 50.2 Å². The van der Waals surface area contributed by atoms with E-state index in [1.165, 1.54) is 12.1 Å². The normalized spacial score (nSPS) is 16.9. The molecule has 3 aromatic rings. The van der Waals surface area contributed by atoms with E-state index in [1.807, 2.05) is 49.4 Å². The minimum absolute atomic E-state index is 0.0488. The smallest absolute Gasteiger partial charge is 0.304 e. The molecule has 178 valence electrons. The van der Waals surface area contributed by atoms with Crippen molar-refractivity contribution in [3.8, 4) is 5.75 Å². The van der Waals surface area contributed by atoms with E-state index in [0.717, 1.165) is 40.8 Å². The first-order valence-electron chi connectivity index (χ1n) is 11.3. The molecule has 2 atom stereocenters. The molecule has 3 aromatic carbocycles. The Bertz CT molecular complexity index is 1190. The molecule has 4 rings (SSSR count). The number of aryl methyl sites for hydroxylation is 1. The van der Waals surface area contributed by atoms with Crippen LogP contribution in [-0.2, 0) is 11.3 Å². The van der Waals surface area contributed by atoms with Crippen molar-refractivity contribution in [1.29, 1.82) is 0 Å². The zero-order chi connectivity index (χ0) is 24.2. The van der Waals surface area contributed by atoms with Crippen LogP contribution in [0.15, 0.2) is 65.6 Å². The summed E-state index contributed by atoms with van der Waals surface area (Å²) in [6.07, 6.45) is 0.630. The third-order valence-electron chi connectivity index (χ3n) is 6.07. The predicted octanol–water partition coefficient (Wildman–Crippen LogP) is 6.56. The molecule has 0 aliphatic carbocycles. The van der Waals surface area contributed by atoms with E-state index in [2.05, 4.69) is 11.2 Å². The minimum atomic E-state index is -1.04. The monoisotopic (exact) mass is 483 g/mol. The summed E-state index contributed by atoms with van der Waals surface area (Å²) in [7, 11) is 0. The third-order valence-corrected chi connectivity index (χ3v) is 7.14. The zero-order valence-corrected chi connectivity index (χ0v) is 19.9. The van der Waals surface area contributed by atoms with Crippen LogP contribution in [0, 0.1) is 18.6 Å². The third kappa shape index (κ3) is 5.59. The van der Waals surface area contributed by atoms with Crippen molar-refractivity contribution in [2.75, 3.05) is 6.54 Å². The first-order valence-corrected chi connectivity index (χ1v) is 12.1. The number of hydrogen-bond donors (Lipinski definition) is 1. The second-order valence-electron chi connectivity index (χ2n) is 8.51. The van der Waals surface area contributed by atoms with Gasteiger partial charge in [-0.25, -0.2) is 13.1 Å². The Hall–Kier alpha value is -2.90. The Morgan fingerprint density at radius 1 is 1.18 bits per heavy atom. The summed E-state index contributed by atoms with van der Waals surface area (Å²) in [5.74, 6) is -2.32. The van der Waals surface area contributed by atoms with Gasteiger partial charge in [0, 0.05) is 25.1 Å². The summed E-state index contributed by atoms with van der Waals surface area (Å²) in [4.78, 5) is 12.7. The molecule has 0 radical (unpaired) electrons. The fourth-order valence-corrected chi connectivity index (χ4v) is 5.26. The highest BCUT2D eigenvalue weighted by Gasteiger charge is 2.25. The minimum Gasteiger partial charge on any atom is -0.488 e. The summed E-state index contributed by atoms with van der Waals surface area (Å²) >= 11 is 1.64. The summed E-state index contributed by atoms with van der Waals surface area (Å²) in [5, 5.41) is 9.50. The standard InChI is InChI=1S/C27H27F2NO3S/c1-3-21-16-30(34-26-7-5-4-6-25(26)33-21)15-19-12-18(9-8-17(19)2)23(14-27(31)32)22-11-10-20(28)13-24(22)29/h4-13,21,23H,3,14-16H2,1-2H3,(H,31,32). The summed E-state index contributed by atoms with van der Waals surface area (Å²) < 4.78 is 36.5. The van der Waals surface area contributed by atoms with Gasteiger partial charge in [0.15, 0.2) is 0 Å². The highest BCUT2D eigenvalue weighted by Crippen LogP contribution is 2.38. The van der Waals surface area contributed by atoms with Gasteiger partial charge in [0.05, 0.1) is 11.3 Å². The Kier molecular flexibility index (Phi) is 7.54. The van der Waals surface area contributed by atoms with Gasteiger partial charge in [-0.15, -0.1) is 0 Å². The van der Waals surface area contributed by atoms with Crippen molar-refractivity contribution < 1.29 is 23.4 Å². The van der Waals surface area contributed by atoms with E-state index in [-0.39, 0.29) is 18.1 Å². The molecule has 0 amide bonds. The van der Waals surface area contributed by atoms with Crippen molar-refractivity contribution in [3.05, 3.63) is 94.6 Å². The molecular formula is C27H27F2NO3S. The summed E-state index contributed by atoms with van der Waals surface area (Å²) in [6, 6.07) is 17.0. The van der Waals surface area contributed by atoms with Crippen molar-refractivity contribution >= 4 is 17.9 Å². The Labute approximate surface area is 202 Å². The number of aliphatic carboxylic acids is 1. The molecule has 1 aliphatic rings. The van der Waals surface area contributed by atoms with E-state index in [0.29, 0.717) is 12.1 Å². The first kappa shape index (κ1) is 24.2. The second kappa shape index (κ2) is 10.6. The number of hydrogen-bond acceptors (Lipinski definition) is 4. The van der Waals surface area contributed by atoms with Crippen LogP contribution in [0.1, 0.15) is 47.9 Å². The number of ether oxygens (including phenoxy) is 1. The van der Waals surface area contributed by atoms with Gasteiger partial charge in [-0.2, -0.15) is 0 Å². The van der Waals surface area contributed by atoms with E-state index in [9.17, 15) is 18.7 Å². The molecule has 34 heavy (non-hydrogen) atoms. The fraction of sp³-hybridized carbons (Fsp3) is 0.296. The highest BCUT2D eigenvalue weighted by molar-refractivity contribution is 7.97. The zero-order valence-electron chi connectivity index (χ0n) is 19.1. The number of para-hydroxylation sites is 1. The van der Waals surface area contributed by atoms with Crippen LogP contribution in [0.2, 0.25) is 0 Å². The number of halogens is 2. The van der Waals surface area contributed by atoms with Crippen molar-refractivity contribution in [3.63, 3.8) is 0 Å². The van der Waals surface area contributed by atoms with Gasteiger partial charge in [-0.05, 0) is 65.7 Å². The number of carboxylic acid groups (broad SMARTS) is 1. The van der Waals surface area contributed by atoms with Crippen molar-refractivity contribution in [1.82, 2.24) is 4.31 Å². The first-order chi connectivity index (χ1) is 16.3. The molecule has 7 heteroatoms. The van der Waals surface area contributed by atoms with Gasteiger partial charge in [-0.1, -0.05) is 43.3 Å². The highest BCUT2D eigenvalue weighted by atomic mass is 32.2. The Balaban J connectivity index is 1.66. The summed E-state index contributed by atoms with van der Waals surface area (Å²) in [5.41, 5.74) is 2.95. The van der Waals surface area contributed by atoms with Gasteiger partial charge in [-0.3, -0.25) is 4.79 Å². The van der Waals surface area contributed by atoms with Gasteiger partial charge >= 0.3 is 5.97 Å². The van der Waals surface area contributed by atoms with Crippen LogP contribution in [0.3, 0.4) is 0 Å². The lowest BCUT2D eigenvalue weighted by molar-refractivity contribution is -0.137. The molecule has 0 aromatic heterocycles. The van der Waals surface area contributed by atoms with Crippen LogP contribution in [0.5, 0.6) is 5.75 Å². The molecule has 0 fully saturated rings. The van der Waals surface area contributed by atoms with E-state index in [4.69, 9.17) is 4.74 Å². The van der Waals surface area contributed by atoms with Gasteiger partial charge in [0.2, 0.25) is 0 Å². The average molecular weight is 484 g/mol. The maximum Gasteiger partial charge on any atom is 0.304 e. The largest absolute Gasteiger partial charge is 0.488 e. The van der Waals surface area contributed by atoms with Gasteiger partial charge in [0.25, 0.3) is 0 Å². The lowest BCUT2D eigenvalue weighted by Crippen LogP contribution is -2.29. The van der Waals surface area contributed by atoms with Gasteiger partial charge < -0.3 is 9.84 Å². The molecule has 1 N–H and O–H groups in total. The van der Waals surface area contributed by atoms with Crippen LogP contribution < -0.4 is 4.74 Å². The number of carbonyl (C=O) groups is 1. The number of rotatable bonds is 7. The van der Waals surface area contributed by atoms with Crippen LogP contribution >= 0.6 is 11.9 Å². The molecule has 0 bridgehead atoms. The van der Waals surface area contributed by atoms with E-state index < -0.39 is 23.5 Å². The lowest BCUT2D eigenvalue weighted by atomic mass is 9.86. The summed E-state index contributed by atoms with van der Waals surface area (Å²) in [6.45, 7) is 5.45. The number of carboxylic acids is 1. The van der Waals surface area contributed by atoms with Crippen LogP contribution in [-0.4, -0.2) is 28.0 Å². The van der Waals surface area contributed by atoms with Crippen LogP contribution in [0.4, 0.5) is 8.78 Å². The maximum atomic E-state index is 14.6. The number of fused-ring (bicyclic) bond motifs is 1. The second-order valence-corrected chi connectivity index (χ2v) is 9.65. The molecule has 1 aliphatic heterocycles. The average Bonchev–Trinajstić information content (AvgIpc) is 2.98. The molecule has 0 spiro atoms. The Morgan fingerprint density at radius 3 is 2.71 bits per heavy atom. The molecular weight excluding hydrogens is 456 g/mol. The van der Waals surface area contributed by atoms with Crippen LogP contribution in [0.25, 0.3) is 0 Å².